The van der Waals surface area contributed by atoms with Crippen LogP contribution < -0.4 is 5.32 Å². The molecule has 17 heavy (non-hydrogen) atoms. The molecule has 1 heterocycles. The zero-order valence-electron chi connectivity index (χ0n) is 9.09. The van der Waals surface area contributed by atoms with Crippen molar-refractivity contribution >= 4 is 27.4 Å². The van der Waals surface area contributed by atoms with Gasteiger partial charge < -0.3 is 15.2 Å². The second-order valence-corrected chi connectivity index (χ2v) is 4.18. The lowest BCUT2D eigenvalue weighted by molar-refractivity contribution is -0.384. The Balaban J connectivity index is 2.73. The fourth-order valence-corrected chi connectivity index (χ4v) is 1.49. The lowest BCUT2D eigenvalue weighted by Crippen LogP contribution is -2.24. The van der Waals surface area contributed by atoms with E-state index in [-0.39, 0.29) is 24.7 Å². The van der Waals surface area contributed by atoms with Crippen molar-refractivity contribution in [3.05, 3.63) is 26.9 Å². The van der Waals surface area contributed by atoms with E-state index in [0.29, 0.717) is 4.47 Å². The van der Waals surface area contributed by atoms with Gasteiger partial charge in [-0.15, -0.1) is 0 Å². The summed E-state index contributed by atoms with van der Waals surface area (Å²) in [7, 11) is 1.46. The van der Waals surface area contributed by atoms with Gasteiger partial charge in [-0.2, -0.15) is 0 Å². The molecule has 0 bridgehead atoms. The Bertz CT molecular complexity index is 402. The Hall–Kier alpha value is -1.25. The zero-order chi connectivity index (χ0) is 12.8. The third kappa shape index (κ3) is 4.25. The molecular weight excluding hydrogens is 294 g/mol. The summed E-state index contributed by atoms with van der Waals surface area (Å²) in [5, 5.41) is 22.9. The smallest absolute Gasteiger partial charge is 0.312 e. The summed E-state index contributed by atoms with van der Waals surface area (Å²) in [4.78, 5) is 14.1. The molecule has 0 aliphatic heterocycles. The van der Waals surface area contributed by atoms with Gasteiger partial charge in [-0.1, -0.05) is 0 Å². The summed E-state index contributed by atoms with van der Waals surface area (Å²) in [6, 6.07) is 1.35. The van der Waals surface area contributed by atoms with E-state index >= 15 is 0 Å². The number of rotatable bonds is 6. The molecule has 0 aromatic carbocycles. The number of hydrogen-bond acceptors (Lipinski definition) is 6. The number of halogens is 1. The van der Waals surface area contributed by atoms with Crippen molar-refractivity contribution in [2.24, 2.45) is 0 Å². The van der Waals surface area contributed by atoms with Crippen LogP contribution in [0.25, 0.3) is 0 Å². The fraction of sp³-hybridized carbons (Fsp3) is 0.444. The first kappa shape index (κ1) is 13.8. The van der Waals surface area contributed by atoms with Gasteiger partial charge in [0.25, 0.3) is 0 Å². The molecule has 0 spiro atoms. The maximum Gasteiger partial charge on any atom is 0.312 e. The Morgan fingerprint density at radius 2 is 2.47 bits per heavy atom. The first-order valence-corrected chi connectivity index (χ1v) is 5.54. The molecule has 1 aromatic heterocycles. The Labute approximate surface area is 106 Å². The normalized spacial score (nSPS) is 12.2. The van der Waals surface area contributed by atoms with Gasteiger partial charge in [0.15, 0.2) is 0 Å². The van der Waals surface area contributed by atoms with Crippen LogP contribution in [0, 0.1) is 10.1 Å². The minimum atomic E-state index is -0.745. The minimum absolute atomic E-state index is 0.119. The number of nitro groups is 1. The van der Waals surface area contributed by atoms with Gasteiger partial charge >= 0.3 is 5.69 Å². The van der Waals surface area contributed by atoms with Gasteiger partial charge in [-0.05, 0) is 15.9 Å². The molecule has 7 nitrogen and oxygen atoms in total. The number of nitrogens with zero attached hydrogens (tertiary/aromatic N) is 2. The summed E-state index contributed by atoms with van der Waals surface area (Å²) >= 11 is 3.11. The number of pyridine rings is 1. The van der Waals surface area contributed by atoms with Gasteiger partial charge in [-0.3, -0.25) is 10.1 Å². The molecule has 0 aliphatic rings. The van der Waals surface area contributed by atoms with Crippen LogP contribution in [-0.4, -0.2) is 41.4 Å². The third-order valence-electron chi connectivity index (χ3n) is 1.90. The molecule has 0 aliphatic carbocycles. The van der Waals surface area contributed by atoms with Crippen LogP contribution in [0.4, 0.5) is 11.5 Å². The number of aliphatic hydroxyl groups excluding tert-OH is 1. The fourth-order valence-electron chi connectivity index (χ4n) is 1.17. The number of aromatic nitrogens is 1. The van der Waals surface area contributed by atoms with Gasteiger partial charge in [0.2, 0.25) is 5.82 Å². The second-order valence-electron chi connectivity index (χ2n) is 3.27. The van der Waals surface area contributed by atoms with Crippen molar-refractivity contribution in [3.63, 3.8) is 0 Å². The highest BCUT2D eigenvalue weighted by Gasteiger charge is 2.16. The molecule has 2 N–H and O–H groups in total. The average Bonchev–Trinajstić information content (AvgIpc) is 2.27. The molecule has 1 atom stereocenters. The summed E-state index contributed by atoms with van der Waals surface area (Å²) in [5.74, 6) is 0.119. The molecule has 94 valence electrons. The van der Waals surface area contributed by atoms with Crippen molar-refractivity contribution in [3.8, 4) is 0 Å². The van der Waals surface area contributed by atoms with Crippen LogP contribution in [0.3, 0.4) is 0 Å². The molecule has 0 amide bonds. The molecule has 0 fully saturated rings. The quantitative estimate of drug-likeness (QED) is 0.605. The average molecular weight is 306 g/mol. The van der Waals surface area contributed by atoms with Crippen molar-refractivity contribution in [1.82, 2.24) is 4.98 Å². The molecule has 0 saturated carbocycles. The highest BCUT2D eigenvalue weighted by atomic mass is 79.9. The highest BCUT2D eigenvalue weighted by Crippen LogP contribution is 2.25. The second kappa shape index (κ2) is 6.48. The largest absolute Gasteiger partial charge is 0.389 e. The Morgan fingerprint density at radius 3 is 3.06 bits per heavy atom. The SMILES string of the molecule is COCC(O)CNc1ncc(Br)cc1[N+](=O)[O-]. The van der Waals surface area contributed by atoms with Crippen LogP contribution in [0.2, 0.25) is 0 Å². The Kier molecular flexibility index (Phi) is 5.26. The molecular formula is C9H12BrN3O4. The topological polar surface area (TPSA) is 97.5 Å². The highest BCUT2D eigenvalue weighted by molar-refractivity contribution is 9.10. The number of nitrogens with one attached hydrogen (secondary N) is 1. The monoisotopic (exact) mass is 305 g/mol. The van der Waals surface area contributed by atoms with E-state index in [2.05, 4.69) is 26.2 Å². The number of anilines is 1. The van der Waals surface area contributed by atoms with Crippen molar-refractivity contribution in [2.75, 3.05) is 25.6 Å². The first-order chi connectivity index (χ1) is 8.04. The maximum atomic E-state index is 10.8. The van der Waals surface area contributed by atoms with Crippen LogP contribution in [-0.2, 0) is 4.74 Å². The predicted molar refractivity (Wildman–Crippen MR) is 65.0 cm³/mol. The maximum absolute atomic E-state index is 10.8. The van der Waals surface area contributed by atoms with Gasteiger partial charge in [-0.25, -0.2) is 4.98 Å². The van der Waals surface area contributed by atoms with Crippen LogP contribution in [0.1, 0.15) is 0 Å². The molecule has 1 unspecified atom stereocenters. The summed E-state index contributed by atoms with van der Waals surface area (Å²) in [6.07, 6.45) is 0.697. The van der Waals surface area contributed by atoms with Crippen molar-refractivity contribution in [2.45, 2.75) is 6.10 Å². The van der Waals surface area contributed by atoms with E-state index < -0.39 is 11.0 Å². The van der Waals surface area contributed by atoms with Crippen molar-refractivity contribution in [1.29, 1.82) is 0 Å². The van der Waals surface area contributed by atoms with Gasteiger partial charge in [0.1, 0.15) is 0 Å². The van der Waals surface area contributed by atoms with Crippen molar-refractivity contribution < 1.29 is 14.8 Å². The van der Waals surface area contributed by atoms with E-state index in [4.69, 9.17) is 4.74 Å². The number of hydrogen-bond donors (Lipinski definition) is 2. The Morgan fingerprint density at radius 1 is 1.76 bits per heavy atom. The van der Waals surface area contributed by atoms with Gasteiger partial charge in [0.05, 0.1) is 17.6 Å². The van der Waals surface area contributed by atoms with E-state index in [0.717, 1.165) is 0 Å². The van der Waals surface area contributed by atoms with Gasteiger partial charge in [0, 0.05) is 30.4 Å². The lowest BCUT2D eigenvalue weighted by Gasteiger charge is -2.11. The molecule has 0 saturated heterocycles. The minimum Gasteiger partial charge on any atom is -0.389 e. The lowest BCUT2D eigenvalue weighted by atomic mass is 10.3. The summed E-state index contributed by atoms with van der Waals surface area (Å²) in [6.45, 7) is 0.278. The van der Waals surface area contributed by atoms with E-state index in [1.54, 1.807) is 0 Å². The van der Waals surface area contributed by atoms with E-state index in [9.17, 15) is 15.2 Å². The number of methoxy groups -OCH3 is 1. The standard InChI is InChI=1S/C9H12BrN3O4/c1-17-5-7(14)4-12-9-8(13(15)16)2-6(10)3-11-9/h2-3,7,14H,4-5H2,1H3,(H,11,12). The van der Waals surface area contributed by atoms with E-state index in [1.807, 2.05) is 0 Å². The van der Waals surface area contributed by atoms with Crippen LogP contribution in [0.15, 0.2) is 16.7 Å². The van der Waals surface area contributed by atoms with Crippen LogP contribution in [0.5, 0.6) is 0 Å². The first-order valence-electron chi connectivity index (χ1n) is 4.75. The number of ether oxygens (including phenoxy) is 1. The molecule has 0 radical (unpaired) electrons. The third-order valence-corrected chi connectivity index (χ3v) is 2.33. The predicted octanol–water partition coefficient (Wildman–Crippen LogP) is 1.17. The summed E-state index contributed by atoms with van der Waals surface area (Å²) in [5.41, 5.74) is -0.149. The molecule has 1 rings (SSSR count). The summed E-state index contributed by atoms with van der Waals surface area (Å²) < 4.78 is 5.26. The van der Waals surface area contributed by atoms with E-state index in [1.165, 1.54) is 19.4 Å². The molecule has 1 aromatic rings. The van der Waals surface area contributed by atoms with Crippen LogP contribution >= 0.6 is 15.9 Å². The number of aliphatic hydroxyl groups is 1. The molecule has 8 heteroatoms. The zero-order valence-corrected chi connectivity index (χ0v) is 10.7.